The van der Waals surface area contributed by atoms with Crippen LogP contribution in [0.15, 0.2) is 48.5 Å². The molecule has 0 saturated carbocycles. The molecule has 0 bridgehead atoms. The van der Waals surface area contributed by atoms with Crippen LogP contribution < -0.4 is 4.90 Å². The average molecular weight is 318 g/mol. The Morgan fingerprint density at radius 3 is 2.42 bits per heavy atom. The molecule has 1 aliphatic rings. The molecule has 0 aliphatic carbocycles. The zero-order valence-corrected chi connectivity index (χ0v) is 13.6. The summed E-state index contributed by atoms with van der Waals surface area (Å²) < 4.78 is 0. The fraction of sp³-hybridized carbons (Fsp3) is 0.200. The minimum Gasteiger partial charge on any atom is -0.494 e. The molecule has 0 radical (unpaired) electrons. The lowest BCUT2D eigenvalue weighted by Gasteiger charge is -2.29. The molecular weight excluding hydrogens is 298 g/mol. The number of aromatic hydroxyl groups is 1. The third-order valence-electron chi connectivity index (χ3n) is 5.41. The smallest absolute Gasteiger partial charge is 0.199 e. The van der Waals surface area contributed by atoms with E-state index in [0.29, 0.717) is 0 Å². The second-order valence-electron chi connectivity index (χ2n) is 6.78. The second-order valence-corrected chi connectivity index (χ2v) is 6.78. The van der Waals surface area contributed by atoms with Gasteiger partial charge >= 0.3 is 0 Å². The van der Waals surface area contributed by atoms with Crippen LogP contribution in [0.25, 0.3) is 21.8 Å². The summed E-state index contributed by atoms with van der Waals surface area (Å²) in [7, 11) is 2.21. The molecule has 2 aromatic heterocycles. The van der Waals surface area contributed by atoms with E-state index in [1.807, 2.05) is 18.2 Å². The summed E-state index contributed by atoms with van der Waals surface area (Å²) in [4.78, 5) is 8.17. The second kappa shape index (κ2) is 4.89. The number of benzene rings is 2. The van der Waals surface area contributed by atoms with Crippen LogP contribution in [0.3, 0.4) is 0 Å². The van der Waals surface area contributed by atoms with Gasteiger partial charge in [-0.25, -0.2) is 0 Å². The number of likely N-dealkylation sites (N-methyl/N-ethyl adjacent to an activating group) is 1. The zero-order chi connectivity index (χ0) is 16.3. The van der Waals surface area contributed by atoms with Crippen molar-refractivity contribution in [2.24, 2.45) is 0 Å². The Kier molecular flexibility index (Phi) is 2.79. The van der Waals surface area contributed by atoms with E-state index < -0.39 is 0 Å². The highest BCUT2D eigenvalue weighted by Crippen LogP contribution is 2.38. The van der Waals surface area contributed by atoms with Crippen LogP contribution in [0.2, 0.25) is 0 Å². The first-order valence-corrected chi connectivity index (χ1v) is 8.45. The molecule has 2 aromatic carbocycles. The van der Waals surface area contributed by atoms with E-state index in [2.05, 4.69) is 47.3 Å². The highest BCUT2D eigenvalue weighted by Gasteiger charge is 2.36. The maximum absolute atomic E-state index is 10.6. The topological polar surface area (TPSA) is 56.2 Å². The molecule has 3 heterocycles. The number of fused-ring (bicyclic) bond motifs is 4. The van der Waals surface area contributed by atoms with Crippen molar-refractivity contribution in [2.45, 2.75) is 12.5 Å². The van der Waals surface area contributed by atoms with E-state index in [1.165, 1.54) is 27.1 Å². The van der Waals surface area contributed by atoms with Crippen LogP contribution >= 0.6 is 0 Å². The number of hydrogen-bond acceptors (Lipinski definition) is 1. The Hall–Kier alpha value is -2.72. The first-order chi connectivity index (χ1) is 11.7. The van der Waals surface area contributed by atoms with Crippen molar-refractivity contribution < 1.29 is 10.0 Å². The predicted octanol–water partition coefficient (Wildman–Crippen LogP) is 2.52. The summed E-state index contributed by atoms with van der Waals surface area (Å²) in [6, 6.07) is 16.7. The standard InChI is InChI=1S/C20H19N3O/c1-23-11-10-13-12-6-2-4-8-15(12)21-18(13)19(23)17-14-7-3-5-9-16(14)22-20(17)24/h2-9,19,21-22,24H,10-11H2,1H3/p+1/t19-/m0/s1. The Labute approximate surface area is 139 Å². The van der Waals surface area contributed by atoms with Gasteiger partial charge in [-0.15, -0.1) is 0 Å². The van der Waals surface area contributed by atoms with Crippen molar-refractivity contribution in [1.29, 1.82) is 0 Å². The van der Waals surface area contributed by atoms with Crippen molar-refractivity contribution >= 4 is 21.8 Å². The molecule has 0 saturated heterocycles. The van der Waals surface area contributed by atoms with E-state index >= 15 is 0 Å². The third kappa shape index (κ3) is 1.77. The molecule has 0 fully saturated rings. The Morgan fingerprint density at radius 1 is 0.958 bits per heavy atom. The number of H-pyrrole nitrogens is 2. The van der Waals surface area contributed by atoms with Crippen molar-refractivity contribution in [3.63, 3.8) is 0 Å². The SMILES string of the molecule is C[NH+]1CCc2c([nH]c3ccccc23)[C@@H]1c1c(O)[nH]c2ccccc12. The van der Waals surface area contributed by atoms with E-state index in [9.17, 15) is 5.11 Å². The van der Waals surface area contributed by atoms with Gasteiger partial charge in [0.25, 0.3) is 0 Å². The summed E-state index contributed by atoms with van der Waals surface area (Å²) in [6.45, 7) is 1.05. The monoisotopic (exact) mass is 318 g/mol. The minimum absolute atomic E-state index is 0.109. The number of hydrogen-bond donors (Lipinski definition) is 4. The summed E-state index contributed by atoms with van der Waals surface area (Å²) in [6.07, 6.45) is 1.06. The highest BCUT2D eigenvalue weighted by atomic mass is 16.3. The highest BCUT2D eigenvalue weighted by molar-refractivity contribution is 5.88. The van der Waals surface area contributed by atoms with Gasteiger partial charge in [0.05, 0.1) is 24.8 Å². The van der Waals surface area contributed by atoms with Crippen LogP contribution in [0.4, 0.5) is 0 Å². The molecule has 4 heteroatoms. The molecule has 0 spiro atoms. The zero-order valence-electron chi connectivity index (χ0n) is 13.6. The lowest BCUT2D eigenvalue weighted by atomic mass is 9.92. The first-order valence-electron chi connectivity index (χ1n) is 8.45. The maximum Gasteiger partial charge on any atom is 0.199 e. The van der Waals surface area contributed by atoms with Crippen molar-refractivity contribution in [1.82, 2.24) is 9.97 Å². The summed E-state index contributed by atoms with van der Waals surface area (Å²) >= 11 is 0. The van der Waals surface area contributed by atoms with Gasteiger partial charge in [0, 0.05) is 28.2 Å². The number of aromatic nitrogens is 2. The summed E-state index contributed by atoms with van der Waals surface area (Å²) in [5, 5.41) is 13.0. The lowest BCUT2D eigenvalue weighted by molar-refractivity contribution is -0.908. The van der Waals surface area contributed by atoms with E-state index in [1.54, 1.807) is 0 Å². The van der Waals surface area contributed by atoms with Gasteiger partial charge < -0.3 is 20.0 Å². The van der Waals surface area contributed by atoms with Crippen LogP contribution in [-0.2, 0) is 6.42 Å². The molecule has 1 aliphatic heterocycles. The van der Waals surface area contributed by atoms with Gasteiger partial charge in [0.1, 0.15) is 0 Å². The average Bonchev–Trinajstić information content (AvgIpc) is 3.12. The predicted molar refractivity (Wildman–Crippen MR) is 95.6 cm³/mol. The minimum atomic E-state index is 0.109. The van der Waals surface area contributed by atoms with Crippen LogP contribution in [0.1, 0.15) is 22.9 Å². The lowest BCUT2D eigenvalue weighted by Crippen LogP contribution is -3.10. The summed E-state index contributed by atoms with van der Waals surface area (Å²) in [5.41, 5.74) is 5.80. The van der Waals surface area contributed by atoms with Crippen molar-refractivity contribution in [3.05, 3.63) is 65.4 Å². The van der Waals surface area contributed by atoms with E-state index in [-0.39, 0.29) is 11.9 Å². The fourth-order valence-electron chi connectivity index (χ4n) is 4.28. The van der Waals surface area contributed by atoms with Gasteiger partial charge in [-0.05, 0) is 17.7 Å². The Balaban J connectivity index is 1.81. The molecule has 5 rings (SSSR count). The quantitative estimate of drug-likeness (QED) is 0.428. The van der Waals surface area contributed by atoms with Crippen molar-refractivity contribution in [3.8, 4) is 5.88 Å². The van der Waals surface area contributed by atoms with Crippen LogP contribution in [0.5, 0.6) is 5.88 Å². The molecule has 4 aromatic rings. The normalized spacial score (nSPS) is 20.5. The maximum atomic E-state index is 10.6. The Morgan fingerprint density at radius 2 is 1.62 bits per heavy atom. The fourth-order valence-corrected chi connectivity index (χ4v) is 4.28. The molecular formula is C20H20N3O+. The molecule has 4 nitrogen and oxygen atoms in total. The van der Waals surface area contributed by atoms with E-state index in [4.69, 9.17) is 0 Å². The molecule has 0 amide bonds. The van der Waals surface area contributed by atoms with Gasteiger partial charge in [0.15, 0.2) is 11.9 Å². The number of nitrogens with one attached hydrogen (secondary N) is 3. The van der Waals surface area contributed by atoms with Gasteiger partial charge in [-0.3, -0.25) is 0 Å². The molecule has 24 heavy (non-hydrogen) atoms. The van der Waals surface area contributed by atoms with Gasteiger partial charge in [-0.2, -0.15) is 0 Å². The third-order valence-corrected chi connectivity index (χ3v) is 5.41. The number of quaternary nitrogens is 1. The van der Waals surface area contributed by atoms with Crippen LogP contribution in [0, 0.1) is 0 Å². The van der Waals surface area contributed by atoms with E-state index in [0.717, 1.165) is 29.4 Å². The molecule has 2 atom stereocenters. The number of aromatic amines is 2. The summed E-state index contributed by atoms with van der Waals surface area (Å²) in [5.74, 6) is 0.284. The van der Waals surface area contributed by atoms with Crippen LogP contribution in [-0.4, -0.2) is 28.7 Å². The molecule has 4 N–H and O–H groups in total. The van der Waals surface area contributed by atoms with Crippen molar-refractivity contribution in [2.75, 3.05) is 13.6 Å². The molecule has 120 valence electrons. The molecule has 1 unspecified atom stereocenters. The van der Waals surface area contributed by atoms with Gasteiger partial charge in [-0.1, -0.05) is 36.4 Å². The number of rotatable bonds is 1. The number of para-hydroxylation sites is 2. The Bertz CT molecular complexity index is 1060. The first kappa shape index (κ1) is 13.7. The van der Waals surface area contributed by atoms with Gasteiger partial charge in [0.2, 0.25) is 0 Å². The largest absolute Gasteiger partial charge is 0.494 e.